The maximum Gasteiger partial charge on any atom is 0.391 e. The molecule has 0 saturated heterocycles. The highest BCUT2D eigenvalue weighted by molar-refractivity contribution is 7.80. The highest BCUT2D eigenvalue weighted by atomic mass is 32.1. The fraction of sp³-hybridized carbons (Fsp3) is 0.778. The average molecular weight is 269 g/mol. The van der Waals surface area contributed by atoms with Gasteiger partial charge >= 0.3 is 6.18 Å². The maximum absolute atomic E-state index is 12.4. The van der Waals surface area contributed by atoms with E-state index >= 15 is 0 Å². The van der Waals surface area contributed by atoms with Crippen molar-refractivity contribution in [2.45, 2.75) is 31.9 Å². The van der Waals surface area contributed by atoms with E-state index in [1.807, 2.05) is 0 Å². The molecule has 4 N–H and O–H groups in total. The summed E-state index contributed by atoms with van der Waals surface area (Å²) in [4.78, 5) is 11.5. The highest BCUT2D eigenvalue weighted by Gasteiger charge is 2.42. The fourth-order valence-electron chi connectivity index (χ4n) is 1.91. The van der Waals surface area contributed by atoms with Crippen LogP contribution in [0.15, 0.2) is 0 Å². The molecule has 0 radical (unpaired) electrons. The Labute approximate surface area is 102 Å². The molecule has 1 rings (SSSR count). The van der Waals surface area contributed by atoms with Gasteiger partial charge in [-0.2, -0.15) is 13.2 Å². The van der Waals surface area contributed by atoms with E-state index in [1.54, 1.807) is 0 Å². The SMILES string of the molecule is NC(=S)NNC(=O)C1CCC(C(F)(F)F)CC1. The van der Waals surface area contributed by atoms with Crippen molar-refractivity contribution >= 4 is 23.2 Å². The summed E-state index contributed by atoms with van der Waals surface area (Å²) in [5.74, 6) is -2.05. The van der Waals surface area contributed by atoms with Crippen LogP contribution in [0, 0.1) is 11.8 Å². The van der Waals surface area contributed by atoms with Gasteiger partial charge in [0.15, 0.2) is 5.11 Å². The molecule has 4 nitrogen and oxygen atoms in total. The van der Waals surface area contributed by atoms with Gasteiger partial charge in [0.1, 0.15) is 0 Å². The number of hydrazine groups is 1. The molecule has 1 amide bonds. The summed E-state index contributed by atoms with van der Waals surface area (Å²) in [6, 6.07) is 0. The van der Waals surface area contributed by atoms with Gasteiger partial charge in [-0.15, -0.1) is 0 Å². The van der Waals surface area contributed by atoms with Gasteiger partial charge in [-0.1, -0.05) is 0 Å². The number of amides is 1. The Morgan fingerprint density at radius 2 is 1.71 bits per heavy atom. The van der Waals surface area contributed by atoms with Crippen LogP contribution in [0.4, 0.5) is 13.2 Å². The molecular weight excluding hydrogens is 255 g/mol. The Morgan fingerprint density at radius 3 is 2.12 bits per heavy atom. The second kappa shape index (κ2) is 5.52. The number of hydrogen-bond donors (Lipinski definition) is 3. The Balaban J connectivity index is 2.36. The molecule has 1 fully saturated rings. The van der Waals surface area contributed by atoms with Gasteiger partial charge in [0, 0.05) is 5.92 Å². The molecule has 0 heterocycles. The minimum absolute atomic E-state index is 0.00530. The fourth-order valence-corrected chi connectivity index (χ4v) is 1.96. The minimum atomic E-state index is -4.15. The van der Waals surface area contributed by atoms with Crippen LogP contribution in [-0.4, -0.2) is 17.2 Å². The third-order valence-electron chi connectivity index (χ3n) is 2.87. The zero-order chi connectivity index (χ0) is 13.1. The minimum Gasteiger partial charge on any atom is -0.375 e. The number of nitrogens with two attached hydrogens (primary N) is 1. The van der Waals surface area contributed by atoms with E-state index in [4.69, 9.17) is 5.73 Å². The van der Waals surface area contributed by atoms with Crippen molar-refractivity contribution in [3.05, 3.63) is 0 Å². The van der Waals surface area contributed by atoms with Crippen LogP contribution < -0.4 is 16.6 Å². The summed E-state index contributed by atoms with van der Waals surface area (Å²) in [5, 5.41) is -0.0812. The molecule has 0 unspecified atom stereocenters. The van der Waals surface area contributed by atoms with Crippen LogP contribution in [-0.2, 0) is 4.79 Å². The van der Waals surface area contributed by atoms with Gasteiger partial charge in [-0.3, -0.25) is 15.6 Å². The first-order valence-electron chi connectivity index (χ1n) is 5.22. The van der Waals surface area contributed by atoms with Crippen LogP contribution in [0.25, 0.3) is 0 Å². The number of carbonyl (C=O) groups excluding carboxylic acids is 1. The van der Waals surface area contributed by atoms with Gasteiger partial charge in [-0.25, -0.2) is 0 Å². The molecule has 1 aliphatic carbocycles. The smallest absolute Gasteiger partial charge is 0.375 e. The number of rotatable bonds is 1. The van der Waals surface area contributed by atoms with Gasteiger partial charge in [0.25, 0.3) is 0 Å². The van der Waals surface area contributed by atoms with Crippen LogP contribution in [0.1, 0.15) is 25.7 Å². The second-order valence-corrected chi connectivity index (χ2v) is 4.51. The molecule has 0 aliphatic heterocycles. The van der Waals surface area contributed by atoms with Crippen molar-refractivity contribution in [2.24, 2.45) is 17.6 Å². The van der Waals surface area contributed by atoms with Crippen molar-refractivity contribution in [2.75, 3.05) is 0 Å². The average Bonchev–Trinajstić information content (AvgIpc) is 2.25. The Hall–Kier alpha value is -1.05. The zero-order valence-corrected chi connectivity index (χ0v) is 9.83. The van der Waals surface area contributed by atoms with Crippen LogP contribution in [0.5, 0.6) is 0 Å². The van der Waals surface area contributed by atoms with E-state index in [9.17, 15) is 18.0 Å². The van der Waals surface area contributed by atoms with Crippen molar-refractivity contribution in [3.8, 4) is 0 Å². The normalized spacial score (nSPS) is 25.1. The lowest BCUT2D eigenvalue weighted by Crippen LogP contribution is -2.47. The number of carbonyl (C=O) groups is 1. The summed E-state index contributed by atoms with van der Waals surface area (Å²) in [6.07, 6.45) is -3.70. The molecule has 0 aromatic rings. The van der Waals surface area contributed by atoms with E-state index in [0.717, 1.165) is 0 Å². The van der Waals surface area contributed by atoms with Gasteiger partial charge in [0.05, 0.1) is 5.92 Å². The summed E-state index contributed by atoms with van der Waals surface area (Å²) in [7, 11) is 0. The van der Waals surface area contributed by atoms with E-state index in [-0.39, 0.29) is 36.7 Å². The molecule has 0 atom stereocenters. The lowest BCUT2D eigenvalue weighted by Gasteiger charge is -2.29. The predicted molar refractivity (Wildman–Crippen MR) is 59.6 cm³/mol. The number of hydrogen-bond acceptors (Lipinski definition) is 2. The molecule has 98 valence electrons. The van der Waals surface area contributed by atoms with E-state index in [0.29, 0.717) is 0 Å². The van der Waals surface area contributed by atoms with Crippen molar-refractivity contribution < 1.29 is 18.0 Å². The Bertz CT molecular complexity index is 300. The summed E-state index contributed by atoms with van der Waals surface area (Å²) in [6.45, 7) is 0. The lowest BCUT2D eigenvalue weighted by atomic mass is 9.81. The first kappa shape index (κ1) is 14.0. The van der Waals surface area contributed by atoms with Crippen molar-refractivity contribution in [3.63, 3.8) is 0 Å². The van der Waals surface area contributed by atoms with Crippen LogP contribution in [0.2, 0.25) is 0 Å². The molecule has 0 aromatic heterocycles. The van der Waals surface area contributed by atoms with Gasteiger partial charge < -0.3 is 5.73 Å². The first-order valence-corrected chi connectivity index (χ1v) is 5.63. The topological polar surface area (TPSA) is 67.2 Å². The number of halogens is 3. The van der Waals surface area contributed by atoms with Crippen LogP contribution in [0.3, 0.4) is 0 Å². The van der Waals surface area contributed by atoms with E-state index < -0.39 is 18.0 Å². The van der Waals surface area contributed by atoms with Crippen molar-refractivity contribution in [1.82, 2.24) is 10.9 Å². The standard InChI is InChI=1S/C9H14F3N3OS/c10-9(11,12)6-3-1-5(2-4-6)7(16)14-15-8(13)17/h5-6H,1-4H2,(H,14,16)(H3,13,15,17). The Morgan fingerprint density at radius 1 is 1.18 bits per heavy atom. The van der Waals surface area contributed by atoms with E-state index in [1.165, 1.54) is 0 Å². The molecule has 1 saturated carbocycles. The van der Waals surface area contributed by atoms with Crippen LogP contribution >= 0.6 is 12.2 Å². The molecule has 1 aliphatic rings. The van der Waals surface area contributed by atoms with Gasteiger partial charge in [-0.05, 0) is 37.9 Å². The number of nitrogens with one attached hydrogen (secondary N) is 2. The summed E-state index contributed by atoms with van der Waals surface area (Å²) < 4.78 is 37.1. The van der Waals surface area contributed by atoms with Crippen molar-refractivity contribution in [1.29, 1.82) is 0 Å². The second-order valence-electron chi connectivity index (χ2n) is 4.07. The predicted octanol–water partition coefficient (Wildman–Crippen LogP) is 1.22. The summed E-state index contributed by atoms with van der Waals surface area (Å²) in [5.41, 5.74) is 9.65. The Kier molecular flexibility index (Phi) is 4.55. The number of alkyl halides is 3. The largest absolute Gasteiger partial charge is 0.391 e. The number of thiocarbonyl (C=S) groups is 1. The molecular formula is C9H14F3N3OS. The first-order chi connectivity index (χ1) is 7.80. The molecule has 17 heavy (non-hydrogen) atoms. The molecule has 0 aromatic carbocycles. The third-order valence-corrected chi connectivity index (χ3v) is 2.97. The lowest BCUT2D eigenvalue weighted by molar-refractivity contribution is -0.184. The van der Waals surface area contributed by atoms with Gasteiger partial charge in [0.2, 0.25) is 5.91 Å². The maximum atomic E-state index is 12.4. The highest BCUT2D eigenvalue weighted by Crippen LogP contribution is 2.39. The monoisotopic (exact) mass is 269 g/mol. The zero-order valence-electron chi connectivity index (χ0n) is 9.01. The molecule has 0 bridgehead atoms. The third kappa shape index (κ3) is 4.37. The summed E-state index contributed by atoms with van der Waals surface area (Å²) >= 11 is 4.49. The van der Waals surface area contributed by atoms with E-state index in [2.05, 4.69) is 23.1 Å². The quantitative estimate of drug-likeness (QED) is 0.494. The molecule has 8 heteroatoms. The molecule has 0 spiro atoms.